The molecule has 0 bridgehead atoms. The van der Waals surface area contributed by atoms with Crippen LogP contribution in [0.1, 0.15) is 33.1 Å². The second kappa shape index (κ2) is 5.03. The van der Waals surface area contributed by atoms with Gasteiger partial charge in [-0.3, -0.25) is 4.90 Å². The van der Waals surface area contributed by atoms with E-state index in [0.29, 0.717) is 0 Å². The van der Waals surface area contributed by atoms with Crippen LogP contribution in [-0.4, -0.2) is 43.3 Å². The molecule has 2 aliphatic rings. The van der Waals surface area contributed by atoms with Crippen LogP contribution < -0.4 is 5.73 Å². The van der Waals surface area contributed by atoms with Gasteiger partial charge in [-0.05, 0) is 24.7 Å². The van der Waals surface area contributed by atoms with Gasteiger partial charge in [-0.15, -0.1) is 0 Å². The number of morpholine rings is 1. The van der Waals surface area contributed by atoms with Gasteiger partial charge >= 0.3 is 0 Å². The van der Waals surface area contributed by atoms with Gasteiger partial charge in [0.2, 0.25) is 0 Å². The molecule has 16 heavy (non-hydrogen) atoms. The van der Waals surface area contributed by atoms with E-state index in [2.05, 4.69) is 18.7 Å². The van der Waals surface area contributed by atoms with Crippen LogP contribution in [0.25, 0.3) is 0 Å². The Morgan fingerprint density at radius 1 is 1.25 bits per heavy atom. The Morgan fingerprint density at radius 2 is 1.94 bits per heavy atom. The van der Waals surface area contributed by atoms with Crippen molar-refractivity contribution in [1.29, 1.82) is 0 Å². The summed E-state index contributed by atoms with van der Waals surface area (Å²) in [6.07, 6.45) is 3.97. The van der Waals surface area contributed by atoms with Crippen molar-refractivity contribution >= 4 is 0 Å². The Bertz CT molecular complexity index is 228. The first-order valence-electron chi connectivity index (χ1n) is 6.72. The molecule has 3 nitrogen and oxygen atoms in total. The lowest BCUT2D eigenvalue weighted by molar-refractivity contribution is -0.0636. The topological polar surface area (TPSA) is 38.5 Å². The largest absolute Gasteiger partial charge is 0.379 e. The standard InChI is InChI=1S/C13H26N2O/c1-11-3-4-12(2)13(9-11,10-14)15-5-7-16-8-6-15/h11-12H,3-10,14H2,1-2H3. The van der Waals surface area contributed by atoms with Gasteiger partial charge in [0.15, 0.2) is 0 Å². The molecular formula is C13H26N2O. The van der Waals surface area contributed by atoms with Crippen LogP contribution in [0.2, 0.25) is 0 Å². The molecule has 1 saturated carbocycles. The summed E-state index contributed by atoms with van der Waals surface area (Å²) < 4.78 is 5.46. The molecule has 0 aromatic carbocycles. The van der Waals surface area contributed by atoms with E-state index in [-0.39, 0.29) is 5.54 Å². The zero-order valence-electron chi connectivity index (χ0n) is 10.7. The highest BCUT2D eigenvalue weighted by Gasteiger charge is 2.44. The second-order valence-corrected chi connectivity index (χ2v) is 5.69. The number of rotatable bonds is 2. The number of ether oxygens (including phenoxy) is 1. The summed E-state index contributed by atoms with van der Waals surface area (Å²) in [5, 5.41) is 0. The second-order valence-electron chi connectivity index (χ2n) is 5.69. The molecule has 1 saturated heterocycles. The number of nitrogens with zero attached hydrogens (tertiary/aromatic N) is 1. The van der Waals surface area contributed by atoms with Crippen LogP contribution in [0.3, 0.4) is 0 Å². The Hall–Kier alpha value is -0.120. The Labute approximate surface area is 99.3 Å². The first kappa shape index (κ1) is 12.3. The third-order valence-electron chi connectivity index (χ3n) is 4.71. The van der Waals surface area contributed by atoms with Gasteiger partial charge in [0, 0.05) is 25.2 Å². The maximum Gasteiger partial charge on any atom is 0.0594 e. The van der Waals surface area contributed by atoms with Crippen molar-refractivity contribution in [3.63, 3.8) is 0 Å². The predicted octanol–water partition coefficient (Wildman–Crippen LogP) is 1.47. The van der Waals surface area contributed by atoms with Crippen LogP contribution in [0, 0.1) is 11.8 Å². The average molecular weight is 226 g/mol. The maximum absolute atomic E-state index is 6.14. The number of hydrogen-bond acceptors (Lipinski definition) is 3. The average Bonchev–Trinajstić information content (AvgIpc) is 2.33. The fraction of sp³-hybridized carbons (Fsp3) is 1.00. The minimum absolute atomic E-state index is 0.251. The van der Waals surface area contributed by atoms with Gasteiger partial charge in [0.1, 0.15) is 0 Å². The van der Waals surface area contributed by atoms with Crippen molar-refractivity contribution in [2.75, 3.05) is 32.8 Å². The van der Waals surface area contributed by atoms with Gasteiger partial charge in [0.25, 0.3) is 0 Å². The molecule has 0 aromatic heterocycles. The van der Waals surface area contributed by atoms with Crippen LogP contribution in [0.4, 0.5) is 0 Å². The minimum Gasteiger partial charge on any atom is -0.379 e. The van der Waals surface area contributed by atoms with Gasteiger partial charge in [-0.25, -0.2) is 0 Å². The van der Waals surface area contributed by atoms with Gasteiger partial charge in [-0.2, -0.15) is 0 Å². The third kappa shape index (κ3) is 2.13. The molecule has 3 atom stereocenters. The Morgan fingerprint density at radius 3 is 2.56 bits per heavy atom. The van der Waals surface area contributed by atoms with E-state index in [4.69, 9.17) is 10.5 Å². The lowest BCUT2D eigenvalue weighted by Gasteiger charge is -2.52. The summed E-state index contributed by atoms with van der Waals surface area (Å²) in [6.45, 7) is 9.44. The maximum atomic E-state index is 6.14. The number of hydrogen-bond donors (Lipinski definition) is 1. The zero-order valence-corrected chi connectivity index (χ0v) is 10.7. The summed E-state index contributed by atoms with van der Waals surface area (Å²) in [7, 11) is 0. The molecular weight excluding hydrogens is 200 g/mol. The van der Waals surface area contributed by atoms with Crippen molar-refractivity contribution in [1.82, 2.24) is 4.90 Å². The van der Waals surface area contributed by atoms with E-state index >= 15 is 0 Å². The molecule has 0 amide bonds. The molecule has 0 spiro atoms. The van der Waals surface area contributed by atoms with Crippen molar-refractivity contribution in [3.8, 4) is 0 Å². The van der Waals surface area contributed by atoms with E-state index in [1.165, 1.54) is 19.3 Å². The summed E-state index contributed by atoms with van der Waals surface area (Å²) in [4.78, 5) is 2.61. The molecule has 1 heterocycles. The van der Waals surface area contributed by atoms with Crippen LogP contribution in [0.15, 0.2) is 0 Å². The molecule has 1 aliphatic carbocycles. The monoisotopic (exact) mass is 226 g/mol. The lowest BCUT2D eigenvalue weighted by Crippen LogP contribution is -2.62. The summed E-state index contributed by atoms with van der Waals surface area (Å²) in [6, 6.07) is 0. The van der Waals surface area contributed by atoms with Crippen molar-refractivity contribution < 1.29 is 4.74 Å². The van der Waals surface area contributed by atoms with Crippen LogP contribution in [-0.2, 0) is 4.74 Å². The highest BCUT2D eigenvalue weighted by Crippen LogP contribution is 2.40. The van der Waals surface area contributed by atoms with Gasteiger partial charge < -0.3 is 10.5 Å². The predicted molar refractivity (Wildman–Crippen MR) is 66.4 cm³/mol. The molecule has 94 valence electrons. The van der Waals surface area contributed by atoms with Gasteiger partial charge in [-0.1, -0.05) is 20.3 Å². The number of nitrogens with two attached hydrogens (primary N) is 1. The zero-order chi connectivity index (χ0) is 11.6. The van der Waals surface area contributed by atoms with Crippen LogP contribution >= 0.6 is 0 Å². The van der Waals surface area contributed by atoms with E-state index in [0.717, 1.165) is 44.7 Å². The van der Waals surface area contributed by atoms with Gasteiger partial charge in [0.05, 0.1) is 13.2 Å². The summed E-state index contributed by atoms with van der Waals surface area (Å²) in [5.41, 5.74) is 6.39. The first-order valence-corrected chi connectivity index (χ1v) is 6.72. The molecule has 0 aromatic rings. The molecule has 0 radical (unpaired) electrons. The first-order chi connectivity index (χ1) is 7.69. The molecule has 2 fully saturated rings. The molecule has 2 N–H and O–H groups in total. The van der Waals surface area contributed by atoms with E-state index < -0.39 is 0 Å². The van der Waals surface area contributed by atoms with E-state index in [1.807, 2.05) is 0 Å². The molecule has 3 unspecified atom stereocenters. The quantitative estimate of drug-likeness (QED) is 0.775. The fourth-order valence-electron chi connectivity index (χ4n) is 3.57. The highest BCUT2D eigenvalue weighted by atomic mass is 16.5. The molecule has 3 heteroatoms. The van der Waals surface area contributed by atoms with Crippen molar-refractivity contribution in [2.24, 2.45) is 17.6 Å². The summed E-state index contributed by atoms with van der Waals surface area (Å²) in [5.74, 6) is 1.55. The van der Waals surface area contributed by atoms with Crippen LogP contribution in [0.5, 0.6) is 0 Å². The Balaban J connectivity index is 2.14. The minimum atomic E-state index is 0.251. The molecule has 2 rings (SSSR count). The van der Waals surface area contributed by atoms with Crippen molar-refractivity contribution in [2.45, 2.75) is 38.6 Å². The fourth-order valence-corrected chi connectivity index (χ4v) is 3.57. The Kier molecular flexibility index (Phi) is 3.88. The normalized spacial score (nSPS) is 42.2. The SMILES string of the molecule is CC1CCC(C)C(CN)(N2CCOCC2)C1. The van der Waals surface area contributed by atoms with E-state index in [1.54, 1.807) is 0 Å². The highest BCUT2D eigenvalue weighted by molar-refractivity contribution is 5.00. The van der Waals surface area contributed by atoms with E-state index in [9.17, 15) is 0 Å². The van der Waals surface area contributed by atoms with Crippen molar-refractivity contribution in [3.05, 3.63) is 0 Å². The lowest BCUT2D eigenvalue weighted by atomic mass is 9.68. The molecule has 1 aliphatic heterocycles. The smallest absolute Gasteiger partial charge is 0.0594 e. The summed E-state index contributed by atoms with van der Waals surface area (Å²) >= 11 is 0. The third-order valence-corrected chi connectivity index (χ3v) is 4.71.